The highest BCUT2D eigenvalue weighted by atomic mass is 32.2. The zero-order chi connectivity index (χ0) is 10.6. The number of rotatable bonds is 3. The van der Waals surface area contributed by atoms with E-state index in [2.05, 4.69) is 0 Å². The number of thioether (sulfide) groups is 1. The van der Waals surface area contributed by atoms with E-state index < -0.39 is 0 Å². The van der Waals surface area contributed by atoms with E-state index in [4.69, 9.17) is 15.7 Å². The summed E-state index contributed by atoms with van der Waals surface area (Å²) in [5.41, 5.74) is 6.46. The molecule has 1 rings (SSSR count). The Bertz CT molecular complexity index is 399. The lowest BCUT2D eigenvalue weighted by Gasteiger charge is -2.07. The number of nitriles is 1. The molecule has 0 bridgehead atoms. The summed E-state index contributed by atoms with van der Waals surface area (Å²) in [7, 11) is 1.46. The van der Waals surface area contributed by atoms with Crippen molar-refractivity contribution in [3.05, 3.63) is 17.7 Å². The zero-order valence-corrected chi connectivity index (χ0v) is 8.30. The van der Waals surface area contributed by atoms with Crippen LogP contribution in [0.3, 0.4) is 0 Å². The van der Waals surface area contributed by atoms with E-state index in [1.165, 1.54) is 19.2 Å². The van der Waals surface area contributed by atoms with Gasteiger partial charge in [0.05, 0.1) is 18.4 Å². The molecule has 0 heterocycles. The Morgan fingerprint density at radius 1 is 1.64 bits per heavy atom. The van der Waals surface area contributed by atoms with Crippen LogP contribution in [0.5, 0.6) is 5.75 Å². The van der Waals surface area contributed by atoms with Crippen LogP contribution in [0, 0.1) is 10.7 Å². The summed E-state index contributed by atoms with van der Waals surface area (Å²) in [6.07, 6.45) is 0.666. The molecule has 72 valence electrons. The van der Waals surface area contributed by atoms with Gasteiger partial charge in [-0.3, -0.25) is 4.79 Å². The third kappa shape index (κ3) is 1.98. The first kappa shape index (κ1) is 10.4. The number of anilines is 1. The lowest BCUT2D eigenvalue weighted by Crippen LogP contribution is -1.95. The van der Waals surface area contributed by atoms with Crippen LogP contribution in [0.4, 0.5) is 5.69 Å². The summed E-state index contributed by atoms with van der Waals surface area (Å²) in [4.78, 5) is 11.2. The fraction of sp³-hybridized carbons (Fsp3) is 0.111. The molecule has 0 aliphatic heterocycles. The fourth-order valence-electron chi connectivity index (χ4n) is 0.998. The Kier molecular flexibility index (Phi) is 3.37. The summed E-state index contributed by atoms with van der Waals surface area (Å²) < 4.78 is 4.95. The average Bonchev–Trinajstić information content (AvgIpc) is 2.20. The quantitative estimate of drug-likeness (QED) is 0.354. The Balaban J connectivity index is 3.24. The number of nitrogen functional groups attached to an aromatic ring is 1. The van der Waals surface area contributed by atoms with Crippen molar-refractivity contribution in [3.63, 3.8) is 0 Å². The van der Waals surface area contributed by atoms with E-state index in [1.807, 2.05) is 5.40 Å². The van der Waals surface area contributed by atoms with E-state index in [1.54, 1.807) is 0 Å². The van der Waals surface area contributed by atoms with Gasteiger partial charge in [-0.15, -0.1) is 0 Å². The summed E-state index contributed by atoms with van der Waals surface area (Å²) >= 11 is 0.917. The molecule has 2 N–H and O–H groups in total. The van der Waals surface area contributed by atoms with Crippen molar-refractivity contribution in [1.82, 2.24) is 0 Å². The molecule has 0 aliphatic carbocycles. The smallest absolute Gasteiger partial charge is 0.153 e. The van der Waals surface area contributed by atoms with Crippen molar-refractivity contribution in [1.29, 1.82) is 5.26 Å². The van der Waals surface area contributed by atoms with Crippen LogP contribution in [0.1, 0.15) is 10.4 Å². The van der Waals surface area contributed by atoms with Crippen molar-refractivity contribution in [3.8, 4) is 11.2 Å². The molecule has 0 spiro atoms. The third-order valence-electron chi connectivity index (χ3n) is 1.64. The van der Waals surface area contributed by atoms with Crippen molar-refractivity contribution < 1.29 is 9.53 Å². The molecule has 0 fully saturated rings. The maximum Gasteiger partial charge on any atom is 0.153 e. The number of thiocyanates is 1. The zero-order valence-electron chi connectivity index (χ0n) is 7.48. The monoisotopic (exact) mass is 208 g/mol. The lowest BCUT2D eigenvalue weighted by molar-refractivity contribution is 0.112. The number of hydrogen-bond acceptors (Lipinski definition) is 5. The molecular formula is C9H8N2O2S. The van der Waals surface area contributed by atoms with Gasteiger partial charge in [0.1, 0.15) is 11.2 Å². The average molecular weight is 208 g/mol. The lowest BCUT2D eigenvalue weighted by atomic mass is 10.2. The highest BCUT2D eigenvalue weighted by Gasteiger charge is 2.08. The second-order valence-corrected chi connectivity index (χ2v) is 3.27. The Morgan fingerprint density at radius 3 is 2.86 bits per heavy atom. The van der Waals surface area contributed by atoms with Crippen LogP contribution in [0.2, 0.25) is 0 Å². The minimum absolute atomic E-state index is 0.388. The predicted molar refractivity (Wildman–Crippen MR) is 54.3 cm³/mol. The van der Waals surface area contributed by atoms with E-state index in [9.17, 15) is 4.79 Å². The molecule has 1 aromatic carbocycles. The Hall–Kier alpha value is -1.67. The van der Waals surface area contributed by atoms with E-state index in [0.29, 0.717) is 28.2 Å². The first-order valence-corrected chi connectivity index (χ1v) is 4.53. The number of carbonyl (C=O) groups excluding carboxylic acids is 1. The molecule has 0 saturated carbocycles. The van der Waals surface area contributed by atoms with Gasteiger partial charge in [-0.1, -0.05) is 0 Å². The van der Waals surface area contributed by atoms with Crippen LogP contribution in [0.25, 0.3) is 0 Å². The van der Waals surface area contributed by atoms with Crippen molar-refractivity contribution in [2.75, 3.05) is 12.8 Å². The molecule has 0 unspecified atom stereocenters. The predicted octanol–water partition coefficient (Wildman–Crippen LogP) is 1.66. The van der Waals surface area contributed by atoms with E-state index in [-0.39, 0.29) is 0 Å². The van der Waals surface area contributed by atoms with Crippen molar-refractivity contribution >= 4 is 23.7 Å². The van der Waals surface area contributed by atoms with Gasteiger partial charge < -0.3 is 10.5 Å². The largest absolute Gasteiger partial charge is 0.496 e. The summed E-state index contributed by atoms with van der Waals surface area (Å²) in [6.45, 7) is 0. The van der Waals surface area contributed by atoms with Gasteiger partial charge in [-0.2, -0.15) is 5.26 Å². The number of nitrogens with two attached hydrogens (primary N) is 1. The number of methoxy groups -OCH3 is 1. The van der Waals surface area contributed by atoms with Gasteiger partial charge in [0, 0.05) is 11.0 Å². The topological polar surface area (TPSA) is 76.1 Å². The van der Waals surface area contributed by atoms with Crippen molar-refractivity contribution in [2.45, 2.75) is 4.90 Å². The fourth-order valence-corrected chi connectivity index (χ4v) is 1.46. The van der Waals surface area contributed by atoms with E-state index >= 15 is 0 Å². The van der Waals surface area contributed by atoms with Crippen LogP contribution >= 0.6 is 11.8 Å². The SMILES string of the molecule is COc1cc(N)c(SC#N)cc1C=O. The molecule has 0 radical (unpaired) electrons. The summed E-state index contributed by atoms with van der Waals surface area (Å²) in [5, 5.41) is 10.4. The van der Waals surface area contributed by atoms with Crippen LogP contribution in [-0.4, -0.2) is 13.4 Å². The molecular weight excluding hydrogens is 200 g/mol. The second-order valence-electron chi connectivity index (χ2n) is 2.44. The second kappa shape index (κ2) is 4.53. The molecule has 4 nitrogen and oxygen atoms in total. The van der Waals surface area contributed by atoms with Crippen LogP contribution < -0.4 is 10.5 Å². The summed E-state index contributed by atoms with van der Waals surface area (Å²) in [6, 6.07) is 3.07. The maximum atomic E-state index is 10.6. The molecule has 0 saturated heterocycles. The first-order valence-electron chi connectivity index (χ1n) is 3.71. The standard InChI is InChI=1S/C9H8N2O2S/c1-13-8-3-7(11)9(14-5-10)2-6(8)4-12/h2-4H,11H2,1H3. The Morgan fingerprint density at radius 2 is 2.36 bits per heavy atom. The number of carbonyl (C=O) groups is 1. The number of ether oxygens (including phenoxy) is 1. The summed E-state index contributed by atoms with van der Waals surface area (Å²) in [5.74, 6) is 0.416. The first-order chi connectivity index (χ1) is 6.72. The van der Waals surface area contributed by atoms with Crippen LogP contribution in [-0.2, 0) is 0 Å². The van der Waals surface area contributed by atoms with E-state index in [0.717, 1.165) is 11.8 Å². The molecule has 0 amide bonds. The van der Waals surface area contributed by atoms with Crippen LogP contribution in [0.15, 0.2) is 17.0 Å². The molecule has 14 heavy (non-hydrogen) atoms. The van der Waals surface area contributed by atoms with Gasteiger partial charge >= 0.3 is 0 Å². The highest BCUT2D eigenvalue weighted by Crippen LogP contribution is 2.30. The maximum absolute atomic E-state index is 10.6. The molecule has 5 heteroatoms. The van der Waals surface area contributed by atoms with Gasteiger partial charge in [-0.05, 0) is 17.8 Å². The number of benzene rings is 1. The normalized spacial score (nSPS) is 9.14. The number of hydrogen-bond donors (Lipinski definition) is 1. The minimum atomic E-state index is 0.388. The minimum Gasteiger partial charge on any atom is -0.496 e. The number of aldehydes is 1. The molecule has 0 aromatic heterocycles. The third-order valence-corrected chi connectivity index (χ3v) is 2.31. The van der Waals surface area contributed by atoms with Gasteiger partial charge in [0.15, 0.2) is 6.29 Å². The molecule has 0 atom stereocenters. The van der Waals surface area contributed by atoms with Gasteiger partial charge in [0.2, 0.25) is 0 Å². The van der Waals surface area contributed by atoms with Gasteiger partial charge in [0.25, 0.3) is 0 Å². The highest BCUT2D eigenvalue weighted by molar-refractivity contribution is 8.03. The van der Waals surface area contributed by atoms with Crippen molar-refractivity contribution in [2.24, 2.45) is 0 Å². The molecule has 0 aliphatic rings. The number of nitrogens with zero attached hydrogens (tertiary/aromatic N) is 1. The van der Waals surface area contributed by atoms with Gasteiger partial charge in [-0.25, -0.2) is 0 Å². The Labute approximate surface area is 85.7 Å². The molecule has 1 aromatic rings.